The molecule has 2 aromatic rings. The van der Waals surface area contributed by atoms with Crippen LogP contribution in [-0.4, -0.2) is 22.0 Å². The van der Waals surface area contributed by atoms with Gasteiger partial charge in [0.2, 0.25) is 0 Å². The van der Waals surface area contributed by atoms with Crippen LogP contribution in [0.2, 0.25) is 5.02 Å². The van der Waals surface area contributed by atoms with Crippen molar-refractivity contribution in [3.8, 4) is 11.5 Å². The van der Waals surface area contributed by atoms with Gasteiger partial charge in [-0.05, 0) is 30.3 Å². The standard InChI is InChI=1S/C14H11ClN2O4/c15-8-5-6-12(19)10(7-8)17-14(21)13(20)16-9-3-1-2-4-11(9)18/h1-7,18-19H,(H,16,20)(H,17,21). The monoisotopic (exact) mass is 306 g/mol. The lowest BCUT2D eigenvalue weighted by atomic mass is 10.2. The molecule has 0 bridgehead atoms. The van der Waals surface area contributed by atoms with Gasteiger partial charge in [0.15, 0.2) is 0 Å². The second-order valence-electron chi connectivity index (χ2n) is 4.09. The summed E-state index contributed by atoms with van der Waals surface area (Å²) in [6, 6.07) is 10.0. The molecule has 0 atom stereocenters. The van der Waals surface area contributed by atoms with Gasteiger partial charge in [0.1, 0.15) is 11.5 Å². The van der Waals surface area contributed by atoms with Gasteiger partial charge in [-0.3, -0.25) is 9.59 Å². The summed E-state index contributed by atoms with van der Waals surface area (Å²) in [6.07, 6.45) is 0. The zero-order valence-corrected chi connectivity index (χ0v) is 11.4. The van der Waals surface area contributed by atoms with Gasteiger partial charge in [-0.1, -0.05) is 23.7 Å². The van der Waals surface area contributed by atoms with E-state index in [0.717, 1.165) is 0 Å². The highest BCUT2D eigenvalue weighted by atomic mass is 35.5. The third-order valence-electron chi connectivity index (χ3n) is 2.57. The number of para-hydroxylation sites is 2. The minimum absolute atomic E-state index is 0.0138. The molecular formula is C14H11ClN2O4. The van der Waals surface area contributed by atoms with Crippen LogP contribution in [0.15, 0.2) is 42.5 Å². The Morgan fingerprint density at radius 2 is 1.43 bits per heavy atom. The Hall–Kier alpha value is -2.73. The Morgan fingerprint density at radius 3 is 2.10 bits per heavy atom. The smallest absolute Gasteiger partial charge is 0.314 e. The predicted molar refractivity (Wildman–Crippen MR) is 78.5 cm³/mol. The first-order valence-electron chi connectivity index (χ1n) is 5.86. The summed E-state index contributed by atoms with van der Waals surface area (Å²) in [5, 5.41) is 23.8. The van der Waals surface area contributed by atoms with Crippen molar-refractivity contribution in [2.45, 2.75) is 0 Å². The molecule has 7 heteroatoms. The van der Waals surface area contributed by atoms with Crippen LogP contribution in [0.4, 0.5) is 11.4 Å². The molecule has 108 valence electrons. The zero-order chi connectivity index (χ0) is 15.4. The van der Waals surface area contributed by atoms with Gasteiger partial charge in [0.05, 0.1) is 11.4 Å². The number of phenolic OH excluding ortho intramolecular Hbond substituents is 2. The van der Waals surface area contributed by atoms with Crippen molar-refractivity contribution in [3.05, 3.63) is 47.5 Å². The minimum Gasteiger partial charge on any atom is -0.506 e. The SMILES string of the molecule is O=C(Nc1ccccc1O)C(=O)Nc1cc(Cl)ccc1O. The van der Waals surface area contributed by atoms with Crippen molar-refractivity contribution in [2.75, 3.05) is 10.6 Å². The molecule has 21 heavy (non-hydrogen) atoms. The van der Waals surface area contributed by atoms with Crippen LogP contribution in [0.1, 0.15) is 0 Å². The molecule has 0 aromatic heterocycles. The lowest BCUT2D eigenvalue weighted by Gasteiger charge is -2.09. The number of hydrogen-bond acceptors (Lipinski definition) is 4. The van der Waals surface area contributed by atoms with Gasteiger partial charge in [0, 0.05) is 5.02 Å². The number of benzene rings is 2. The number of amides is 2. The zero-order valence-electron chi connectivity index (χ0n) is 10.6. The van der Waals surface area contributed by atoms with Crippen LogP contribution in [0.25, 0.3) is 0 Å². The highest BCUT2D eigenvalue weighted by Crippen LogP contribution is 2.26. The Morgan fingerprint density at radius 1 is 0.857 bits per heavy atom. The molecule has 6 nitrogen and oxygen atoms in total. The number of phenols is 2. The first-order valence-corrected chi connectivity index (χ1v) is 6.24. The van der Waals surface area contributed by atoms with Crippen molar-refractivity contribution < 1.29 is 19.8 Å². The summed E-state index contributed by atoms with van der Waals surface area (Å²) >= 11 is 5.73. The summed E-state index contributed by atoms with van der Waals surface area (Å²) in [5.41, 5.74) is 0.118. The normalized spacial score (nSPS) is 9.95. The van der Waals surface area contributed by atoms with Crippen molar-refractivity contribution in [1.82, 2.24) is 0 Å². The molecule has 2 rings (SSSR count). The maximum absolute atomic E-state index is 11.7. The van der Waals surface area contributed by atoms with Gasteiger partial charge in [-0.15, -0.1) is 0 Å². The van der Waals surface area contributed by atoms with E-state index in [1.165, 1.54) is 30.3 Å². The average molecular weight is 307 g/mol. The second kappa shape index (κ2) is 6.15. The van der Waals surface area contributed by atoms with E-state index in [1.807, 2.05) is 0 Å². The molecule has 0 unspecified atom stereocenters. The fourth-order valence-electron chi connectivity index (χ4n) is 1.55. The molecule has 0 aliphatic rings. The number of carbonyl (C=O) groups excluding carboxylic acids is 2. The first kappa shape index (κ1) is 14.7. The molecule has 0 fully saturated rings. The Labute approximate surface area is 125 Å². The number of carbonyl (C=O) groups is 2. The summed E-state index contributed by atoms with van der Waals surface area (Å²) in [5.74, 6) is -2.38. The van der Waals surface area contributed by atoms with Crippen LogP contribution in [0, 0.1) is 0 Å². The van der Waals surface area contributed by atoms with E-state index in [4.69, 9.17) is 11.6 Å². The number of rotatable bonds is 2. The number of halogens is 1. The molecule has 0 saturated carbocycles. The van der Waals surface area contributed by atoms with Crippen molar-refractivity contribution in [1.29, 1.82) is 0 Å². The van der Waals surface area contributed by atoms with Crippen LogP contribution in [0.5, 0.6) is 11.5 Å². The molecular weight excluding hydrogens is 296 g/mol. The largest absolute Gasteiger partial charge is 0.506 e. The van der Waals surface area contributed by atoms with E-state index in [0.29, 0.717) is 5.02 Å². The maximum Gasteiger partial charge on any atom is 0.314 e. The topological polar surface area (TPSA) is 98.7 Å². The van der Waals surface area contributed by atoms with Gasteiger partial charge < -0.3 is 20.8 Å². The van der Waals surface area contributed by atoms with Gasteiger partial charge in [0.25, 0.3) is 0 Å². The average Bonchev–Trinajstić information content (AvgIpc) is 2.45. The molecule has 0 radical (unpaired) electrons. The van der Waals surface area contributed by atoms with Gasteiger partial charge >= 0.3 is 11.8 Å². The first-order chi connectivity index (χ1) is 9.97. The minimum atomic E-state index is -1.00. The summed E-state index contributed by atoms with van der Waals surface area (Å²) in [6.45, 7) is 0. The molecule has 2 aromatic carbocycles. The fraction of sp³-hybridized carbons (Fsp3) is 0. The van der Waals surface area contributed by atoms with E-state index >= 15 is 0 Å². The van der Waals surface area contributed by atoms with Crippen molar-refractivity contribution in [2.24, 2.45) is 0 Å². The summed E-state index contributed by atoms with van der Waals surface area (Å²) in [7, 11) is 0. The van der Waals surface area contributed by atoms with E-state index in [9.17, 15) is 19.8 Å². The number of anilines is 2. The molecule has 4 N–H and O–H groups in total. The predicted octanol–water partition coefficient (Wildman–Crippen LogP) is 2.33. The number of nitrogens with one attached hydrogen (secondary N) is 2. The molecule has 0 spiro atoms. The number of aromatic hydroxyl groups is 2. The molecule has 0 heterocycles. The number of hydrogen-bond donors (Lipinski definition) is 4. The maximum atomic E-state index is 11.7. The van der Waals surface area contributed by atoms with E-state index in [-0.39, 0.29) is 22.9 Å². The van der Waals surface area contributed by atoms with Crippen molar-refractivity contribution in [3.63, 3.8) is 0 Å². The fourth-order valence-corrected chi connectivity index (χ4v) is 1.72. The third kappa shape index (κ3) is 3.64. The lowest BCUT2D eigenvalue weighted by molar-refractivity contribution is -0.133. The molecule has 0 aliphatic carbocycles. The van der Waals surface area contributed by atoms with E-state index in [1.54, 1.807) is 12.1 Å². The summed E-state index contributed by atoms with van der Waals surface area (Å²) in [4.78, 5) is 23.4. The molecule has 2 amide bonds. The Kier molecular flexibility index (Phi) is 4.30. The summed E-state index contributed by atoms with van der Waals surface area (Å²) < 4.78 is 0. The third-order valence-corrected chi connectivity index (χ3v) is 2.80. The van der Waals surface area contributed by atoms with Crippen LogP contribution < -0.4 is 10.6 Å². The lowest BCUT2D eigenvalue weighted by Crippen LogP contribution is -2.29. The van der Waals surface area contributed by atoms with E-state index in [2.05, 4.69) is 10.6 Å². The van der Waals surface area contributed by atoms with Gasteiger partial charge in [-0.25, -0.2) is 0 Å². The van der Waals surface area contributed by atoms with E-state index < -0.39 is 11.8 Å². The second-order valence-corrected chi connectivity index (χ2v) is 4.52. The van der Waals surface area contributed by atoms with Crippen molar-refractivity contribution >= 4 is 34.8 Å². The molecule has 0 saturated heterocycles. The van der Waals surface area contributed by atoms with Gasteiger partial charge in [-0.2, -0.15) is 0 Å². The quantitative estimate of drug-likeness (QED) is 0.505. The Bertz CT molecular complexity index is 703. The highest BCUT2D eigenvalue weighted by Gasteiger charge is 2.17. The highest BCUT2D eigenvalue weighted by molar-refractivity contribution is 6.44. The van der Waals surface area contributed by atoms with Crippen LogP contribution >= 0.6 is 11.6 Å². The van der Waals surface area contributed by atoms with Crippen LogP contribution in [0.3, 0.4) is 0 Å². The molecule has 0 aliphatic heterocycles. The van der Waals surface area contributed by atoms with Crippen LogP contribution in [-0.2, 0) is 9.59 Å². The Balaban J connectivity index is 2.08.